The second kappa shape index (κ2) is 6.17. The van der Waals surface area contributed by atoms with Crippen molar-refractivity contribution in [3.05, 3.63) is 26.8 Å². The predicted octanol–water partition coefficient (Wildman–Crippen LogP) is 3.13. The molecule has 2 rings (SSSR count). The summed E-state index contributed by atoms with van der Waals surface area (Å²) in [6.45, 7) is 2.62. The van der Waals surface area contributed by atoms with Crippen LogP contribution in [0.1, 0.15) is 6.92 Å². The average Bonchev–Trinajstić information content (AvgIpc) is 2.30. The van der Waals surface area contributed by atoms with Gasteiger partial charge >= 0.3 is 12.0 Å². The van der Waals surface area contributed by atoms with E-state index in [0.29, 0.717) is 23.8 Å². The van der Waals surface area contributed by atoms with E-state index in [0.717, 1.165) is 3.57 Å². The van der Waals surface area contributed by atoms with Crippen molar-refractivity contribution in [1.82, 2.24) is 4.90 Å². The Labute approximate surface area is 135 Å². The molecule has 1 fully saturated rings. The minimum absolute atomic E-state index is 0.0301. The molecule has 1 unspecified atom stereocenters. The lowest BCUT2D eigenvalue weighted by molar-refractivity contribution is -0.144. The highest BCUT2D eigenvalue weighted by Crippen LogP contribution is 2.26. The maximum Gasteiger partial charge on any atom is 0.321 e. The summed E-state index contributed by atoms with van der Waals surface area (Å²) in [6, 6.07) is 5.02. The Balaban J connectivity index is 1.90. The maximum atomic E-state index is 12.0. The molecule has 0 saturated carbocycles. The van der Waals surface area contributed by atoms with E-state index in [1.165, 1.54) is 0 Å². The van der Waals surface area contributed by atoms with E-state index in [9.17, 15) is 9.59 Å². The quantitative estimate of drug-likeness (QED) is 0.755. The van der Waals surface area contributed by atoms with Gasteiger partial charge in [0.2, 0.25) is 0 Å². The molecule has 2 N–H and O–H groups in total. The first-order valence-electron chi connectivity index (χ1n) is 6.12. The van der Waals surface area contributed by atoms with Crippen molar-refractivity contribution in [3.8, 4) is 0 Å². The third kappa shape index (κ3) is 3.35. The topological polar surface area (TPSA) is 69.6 Å². The molecule has 0 radical (unpaired) electrons. The third-order valence-corrected chi connectivity index (χ3v) is 4.59. The number of carbonyl (C=O) groups excluding carboxylic acids is 1. The Morgan fingerprint density at radius 2 is 2.15 bits per heavy atom. The minimum Gasteiger partial charge on any atom is -0.481 e. The van der Waals surface area contributed by atoms with Crippen molar-refractivity contribution >= 4 is 51.9 Å². The number of nitrogens with one attached hydrogen (secondary N) is 1. The zero-order valence-electron chi connectivity index (χ0n) is 10.8. The number of amides is 2. The van der Waals surface area contributed by atoms with Crippen LogP contribution in [0.15, 0.2) is 18.2 Å². The molecule has 0 aliphatic carbocycles. The number of carboxylic acids is 1. The zero-order valence-corrected chi connectivity index (χ0v) is 13.7. The second-order valence-corrected chi connectivity index (χ2v) is 6.44. The van der Waals surface area contributed by atoms with E-state index in [2.05, 4.69) is 27.9 Å². The number of carboxylic acid groups (broad SMARTS) is 1. The number of aliphatic carboxylic acids is 1. The highest BCUT2D eigenvalue weighted by atomic mass is 127. The first kappa shape index (κ1) is 15.4. The lowest BCUT2D eigenvalue weighted by atomic mass is 9.87. The molecule has 1 aliphatic heterocycles. The number of nitrogens with zero attached hydrogens (tertiary/aromatic N) is 1. The van der Waals surface area contributed by atoms with Gasteiger partial charge < -0.3 is 15.3 Å². The average molecular weight is 409 g/mol. The van der Waals surface area contributed by atoms with Crippen LogP contribution in [0.5, 0.6) is 0 Å². The molecular weight excluding hydrogens is 395 g/mol. The van der Waals surface area contributed by atoms with Gasteiger partial charge in [-0.25, -0.2) is 4.79 Å². The van der Waals surface area contributed by atoms with Crippen LogP contribution >= 0.6 is 34.2 Å². The van der Waals surface area contributed by atoms with E-state index in [1.807, 2.05) is 0 Å². The Hall–Kier alpha value is -1.02. The van der Waals surface area contributed by atoms with Gasteiger partial charge in [-0.1, -0.05) is 18.5 Å². The summed E-state index contributed by atoms with van der Waals surface area (Å²) >= 11 is 7.96. The molecule has 7 heteroatoms. The molecule has 1 aliphatic rings. The van der Waals surface area contributed by atoms with Crippen LogP contribution in [-0.2, 0) is 4.79 Å². The number of benzene rings is 1. The van der Waals surface area contributed by atoms with Crippen molar-refractivity contribution in [1.29, 1.82) is 0 Å². The van der Waals surface area contributed by atoms with Crippen molar-refractivity contribution in [2.45, 2.75) is 6.92 Å². The van der Waals surface area contributed by atoms with Gasteiger partial charge in [0.1, 0.15) is 0 Å². The molecule has 20 heavy (non-hydrogen) atoms. The first-order chi connectivity index (χ1) is 9.38. The minimum atomic E-state index is -0.817. The van der Waals surface area contributed by atoms with E-state index >= 15 is 0 Å². The van der Waals surface area contributed by atoms with Gasteiger partial charge in [-0.3, -0.25) is 4.79 Å². The van der Waals surface area contributed by atoms with Crippen molar-refractivity contribution in [2.24, 2.45) is 11.8 Å². The summed E-state index contributed by atoms with van der Waals surface area (Å²) in [4.78, 5) is 24.5. The smallest absolute Gasteiger partial charge is 0.321 e. The number of hydrogen-bond acceptors (Lipinski definition) is 2. The summed E-state index contributed by atoms with van der Waals surface area (Å²) in [5.74, 6) is -1.21. The standard InChI is InChI=1S/C13H14ClIN2O3/c1-7(12(18)19)8-5-17(6-8)13(20)16-11-3-2-9(14)4-10(11)15/h2-4,7-8H,5-6H2,1H3,(H,16,20)(H,18,19). The Morgan fingerprint density at radius 3 is 2.70 bits per heavy atom. The molecule has 0 aromatic heterocycles. The molecular formula is C13H14ClIN2O3. The number of carbonyl (C=O) groups is 2. The molecule has 1 aromatic carbocycles. The van der Waals surface area contributed by atoms with Crippen LogP contribution in [0.4, 0.5) is 10.5 Å². The molecule has 108 valence electrons. The van der Waals surface area contributed by atoms with Crippen LogP contribution in [0, 0.1) is 15.4 Å². The Bertz CT molecular complexity index is 546. The molecule has 1 atom stereocenters. The van der Waals surface area contributed by atoms with Gasteiger partial charge in [-0.2, -0.15) is 0 Å². The van der Waals surface area contributed by atoms with Gasteiger partial charge in [0.15, 0.2) is 0 Å². The number of halogens is 2. The molecule has 1 heterocycles. The number of anilines is 1. The summed E-state index contributed by atoms with van der Waals surface area (Å²) in [7, 11) is 0. The van der Waals surface area contributed by atoms with Crippen LogP contribution < -0.4 is 5.32 Å². The van der Waals surface area contributed by atoms with Gasteiger partial charge in [0.25, 0.3) is 0 Å². The highest BCUT2D eigenvalue weighted by molar-refractivity contribution is 14.1. The second-order valence-electron chi connectivity index (χ2n) is 4.85. The number of urea groups is 1. The highest BCUT2D eigenvalue weighted by Gasteiger charge is 2.37. The fourth-order valence-electron chi connectivity index (χ4n) is 1.98. The Kier molecular flexibility index (Phi) is 4.74. The van der Waals surface area contributed by atoms with Crippen molar-refractivity contribution in [2.75, 3.05) is 18.4 Å². The number of rotatable bonds is 3. The predicted molar refractivity (Wildman–Crippen MR) is 85.1 cm³/mol. The van der Waals surface area contributed by atoms with Gasteiger partial charge in [-0.05, 0) is 40.8 Å². The molecule has 0 spiro atoms. The summed E-state index contributed by atoms with van der Waals surface area (Å²) < 4.78 is 0.861. The summed E-state index contributed by atoms with van der Waals surface area (Å²) in [5.41, 5.74) is 0.703. The van der Waals surface area contributed by atoms with Crippen LogP contribution in [0.2, 0.25) is 5.02 Å². The van der Waals surface area contributed by atoms with E-state index in [4.69, 9.17) is 16.7 Å². The molecule has 1 aromatic rings. The van der Waals surface area contributed by atoms with Gasteiger partial charge in [0.05, 0.1) is 11.6 Å². The van der Waals surface area contributed by atoms with E-state index in [-0.39, 0.29) is 11.9 Å². The molecule has 5 nitrogen and oxygen atoms in total. The summed E-state index contributed by atoms with van der Waals surface area (Å²) in [5, 5.41) is 12.3. The lowest BCUT2D eigenvalue weighted by Gasteiger charge is -2.41. The van der Waals surface area contributed by atoms with Crippen LogP contribution in [-0.4, -0.2) is 35.1 Å². The normalized spacial score (nSPS) is 16.4. The maximum absolute atomic E-state index is 12.0. The van der Waals surface area contributed by atoms with E-state index in [1.54, 1.807) is 30.0 Å². The summed E-state index contributed by atoms with van der Waals surface area (Å²) in [6.07, 6.45) is 0. The number of likely N-dealkylation sites (tertiary alicyclic amines) is 1. The zero-order chi connectivity index (χ0) is 14.9. The SMILES string of the molecule is CC(C(=O)O)C1CN(C(=O)Nc2ccc(Cl)cc2I)C1. The van der Waals surface area contributed by atoms with Gasteiger partial charge in [0, 0.05) is 27.6 Å². The molecule has 0 bridgehead atoms. The number of hydrogen-bond donors (Lipinski definition) is 2. The fourth-order valence-corrected chi connectivity index (χ4v) is 2.99. The van der Waals surface area contributed by atoms with Gasteiger partial charge in [-0.15, -0.1) is 0 Å². The fraction of sp³-hybridized carbons (Fsp3) is 0.385. The van der Waals surface area contributed by atoms with Crippen LogP contribution in [0.3, 0.4) is 0 Å². The molecule has 1 saturated heterocycles. The first-order valence-corrected chi connectivity index (χ1v) is 7.58. The third-order valence-electron chi connectivity index (χ3n) is 3.47. The van der Waals surface area contributed by atoms with E-state index < -0.39 is 11.9 Å². The van der Waals surface area contributed by atoms with Crippen LogP contribution in [0.25, 0.3) is 0 Å². The lowest BCUT2D eigenvalue weighted by Crippen LogP contribution is -2.54. The van der Waals surface area contributed by atoms with Crippen molar-refractivity contribution in [3.63, 3.8) is 0 Å². The largest absolute Gasteiger partial charge is 0.481 e. The molecule has 2 amide bonds. The van der Waals surface area contributed by atoms with Crippen molar-refractivity contribution < 1.29 is 14.7 Å². The Morgan fingerprint density at radius 1 is 1.50 bits per heavy atom. The monoisotopic (exact) mass is 408 g/mol.